The highest BCUT2D eigenvalue weighted by Gasteiger charge is 2.21. The maximum Gasteiger partial charge on any atom is 0.305 e. The van der Waals surface area contributed by atoms with E-state index in [1.807, 2.05) is 6.07 Å². The number of ether oxygens (including phenoxy) is 1. The topological polar surface area (TPSA) is 55.4 Å². The number of rotatable bonds is 9. The SMILES string of the molecule is CC(C)CCCOC(=O)CCCC(=O)NC1CCCc2ccccc21. The van der Waals surface area contributed by atoms with Gasteiger partial charge in [-0.25, -0.2) is 0 Å². The molecule has 0 saturated carbocycles. The van der Waals surface area contributed by atoms with Crippen LogP contribution < -0.4 is 5.32 Å². The molecule has 0 aliphatic heterocycles. The fraction of sp³-hybridized carbons (Fsp3) is 0.619. The fourth-order valence-corrected chi connectivity index (χ4v) is 3.31. The van der Waals surface area contributed by atoms with Gasteiger partial charge in [-0.3, -0.25) is 9.59 Å². The lowest BCUT2D eigenvalue weighted by atomic mass is 9.87. The molecule has 1 amide bonds. The molecule has 1 atom stereocenters. The Labute approximate surface area is 151 Å². The maximum absolute atomic E-state index is 12.2. The number of hydrogen-bond donors (Lipinski definition) is 1. The lowest BCUT2D eigenvalue weighted by molar-refractivity contribution is -0.144. The van der Waals surface area contributed by atoms with E-state index in [1.165, 1.54) is 11.1 Å². The molecular weight excluding hydrogens is 314 g/mol. The predicted molar refractivity (Wildman–Crippen MR) is 99.1 cm³/mol. The Bertz CT molecular complexity index is 568. The first-order chi connectivity index (χ1) is 12.1. The summed E-state index contributed by atoms with van der Waals surface area (Å²) >= 11 is 0. The van der Waals surface area contributed by atoms with Crippen molar-refractivity contribution in [3.63, 3.8) is 0 Å². The number of fused-ring (bicyclic) bond motifs is 1. The van der Waals surface area contributed by atoms with Gasteiger partial charge in [-0.1, -0.05) is 38.1 Å². The van der Waals surface area contributed by atoms with Crippen molar-refractivity contribution in [1.29, 1.82) is 0 Å². The summed E-state index contributed by atoms with van der Waals surface area (Å²) in [7, 11) is 0. The van der Waals surface area contributed by atoms with E-state index in [0.29, 0.717) is 31.8 Å². The first-order valence-electron chi connectivity index (χ1n) is 9.59. The molecular formula is C21H31NO3. The molecule has 1 aliphatic carbocycles. The largest absolute Gasteiger partial charge is 0.466 e. The van der Waals surface area contributed by atoms with Crippen LogP contribution in [0.4, 0.5) is 0 Å². The van der Waals surface area contributed by atoms with Crippen LogP contribution >= 0.6 is 0 Å². The highest BCUT2D eigenvalue weighted by atomic mass is 16.5. The number of nitrogens with one attached hydrogen (secondary N) is 1. The van der Waals surface area contributed by atoms with Crippen molar-refractivity contribution in [3.8, 4) is 0 Å². The molecule has 0 bridgehead atoms. The van der Waals surface area contributed by atoms with Crippen LogP contribution in [-0.4, -0.2) is 18.5 Å². The van der Waals surface area contributed by atoms with E-state index in [1.54, 1.807) is 0 Å². The molecule has 0 heterocycles. The van der Waals surface area contributed by atoms with Crippen LogP contribution in [0.1, 0.15) is 76.0 Å². The minimum atomic E-state index is -0.195. The van der Waals surface area contributed by atoms with E-state index >= 15 is 0 Å². The molecule has 0 aromatic heterocycles. The van der Waals surface area contributed by atoms with Crippen molar-refractivity contribution >= 4 is 11.9 Å². The third kappa shape index (κ3) is 6.89. The Hall–Kier alpha value is -1.84. The number of benzene rings is 1. The average molecular weight is 345 g/mol. The van der Waals surface area contributed by atoms with E-state index in [4.69, 9.17) is 4.74 Å². The van der Waals surface area contributed by atoms with Gasteiger partial charge in [0.25, 0.3) is 0 Å². The summed E-state index contributed by atoms with van der Waals surface area (Å²) in [5.41, 5.74) is 2.58. The molecule has 0 fully saturated rings. The Balaban J connectivity index is 1.64. The zero-order chi connectivity index (χ0) is 18.1. The van der Waals surface area contributed by atoms with Gasteiger partial charge >= 0.3 is 5.97 Å². The monoisotopic (exact) mass is 345 g/mol. The molecule has 1 unspecified atom stereocenters. The van der Waals surface area contributed by atoms with Crippen LogP contribution in [0.2, 0.25) is 0 Å². The van der Waals surface area contributed by atoms with Gasteiger partial charge in [0.15, 0.2) is 0 Å². The van der Waals surface area contributed by atoms with E-state index < -0.39 is 0 Å². The molecule has 0 saturated heterocycles. The van der Waals surface area contributed by atoms with Crippen molar-refractivity contribution < 1.29 is 14.3 Å². The van der Waals surface area contributed by atoms with E-state index in [9.17, 15) is 9.59 Å². The van der Waals surface area contributed by atoms with Crippen molar-refractivity contribution in [2.24, 2.45) is 5.92 Å². The van der Waals surface area contributed by atoms with Crippen molar-refractivity contribution in [3.05, 3.63) is 35.4 Å². The standard InChI is InChI=1S/C21H31NO3/c1-16(2)8-7-15-25-21(24)14-6-13-20(23)22-19-12-5-10-17-9-3-4-11-18(17)19/h3-4,9,11,16,19H,5-8,10,12-15H2,1-2H3,(H,22,23). The molecule has 2 rings (SSSR count). The fourth-order valence-electron chi connectivity index (χ4n) is 3.31. The summed E-state index contributed by atoms with van der Waals surface area (Å²) in [6.07, 6.45) is 6.39. The summed E-state index contributed by atoms with van der Waals surface area (Å²) in [6, 6.07) is 8.44. The number of hydrogen-bond acceptors (Lipinski definition) is 3. The first kappa shape index (κ1) is 19.5. The van der Waals surface area contributed by atoms with Crippen molar-refractivity contribution in [1.82, 2.24) is 5.32 Å². The van der Waals surface area contributed by atoms with Gasteiger partial charge in [-0.15, -0.1) is 0 Å². The number of amides is 1. The Morgan fingerprint density at radius 2 is 2.00 bits per heavy atom. The second-order valence-electron chi connectivity index (χ2n) is 7.32. The van der Waals surface area contributed by atoms with Crippen LogP contribution in [0.5, 0.6) is 0 Å². The summed E-state index contributed by atoms with van der Waals surface area (Å²) in [6.45, 7) is 4.80. The van der Waals surface area contributed by atoms with Crippen LogP contribution in [0.15, 0.2) is 24.3 Å². The minimum Gasteiger partial charge on any atom is -0.466 e. The van der Waals surface area contributed by atoms with Gasteiger partial charge in [0.1, 0.15) is 0 Å². The Kier molecular flexibility index (Phi) is 7.96. The molecule has 4 heteroatoms. The lowest BCUT2D eigenvalue weighted by Gasteiger charge is -2.26. The van der Waals surface area contributed by atoms with Gasteiger partial charge in [0.05, 0.1) is 12.6 Å². The second kappa shape index (κ2) is 10.2. The van der Waals surface area contributed by atoms with Crippen LogP contribution in [-0.2, 0) is 20.7 Å². The minimum absolute atomic E-state index is 0.0225. The number of carbonyl (C=O) groups is 2. The second-order valence-corrected chi connectivity index (χ2v) is 7.32. The number of carbonyl (C=O) groups excluding carboxylic acids is 2. The molecule has 1 aromatic carbocycles. The highest BCUT2D eigenvalue weighted by Crippen LogP contribution is 2.29. The molecule has 4 nitrogen and oxygen atoms in total. The predicted octanol–water partition coefficient (Wildman–Crippen LogP) is 4.33. The normalized spacial score (nSPS) is 16.4. The van der Waals surface area contributed by atoms with E-state index in [0.717, 1.165) is 32.1 Å². The molecule has 25 heavy (non-hydrogen) atoms. The highest BCUT2D eigenvalue weighted by molar-refractivity contribution is 5.77. The van der Waals surface area contributed by atoms with E-state index in [-0.39, 0.29) is 17.9 Å². The smallest absolute Gasteiger partial charge is 0.305 e. The summed E-state index contributed by atoms with van der Waals surface area (Å²) < 4.78 is 5.20. The van der Waals surface area contributed by atoms with Crippen LogP contribution in [0.3, 0.4) is 0 Å². The summed E-state index contributed by atoms with van der Waals surface area (Å²) in [5.74, 6) is 0.459. The van der Waals surface area contributed by atoms with E-state index in [2.05, 4.69) is 37.4 Å². The van der Waals surface area contributed by atoms with Gasteiger partial charge in [0, 0.05) is 12.8 Å². The Morgan fingerprint density at radius 3 is 2.80 bits per heavy atom. The van der Waals surface area contributed by atoms with Crippen molar-refractivity contribution in [2.75, 3.05) is 6.61 Å². The average Bonchev–Trinajstić information content (AvgIpc) is 2.59. The molecule has 0 spiro atoms. The number of esters is 1. The van der Waals surface area contributed by atoms with Gasteiger partial charge < -0.3 is 10.1 Å². The third-order valence-corrected chi connectivity index (χ3v) is 4.68. The zero-order valence-corrected chi connectivity index (χ0v) is 15.6. The molecule has 1 aromatic rings. The first-order valence-corrected chi connectivity index (χ1v) is 9.59. The Morgan fingerprint density at radius 1 is 1.20 bits per heavy atom. The maximum atomic E-state index is 12.2. The quantitative estimate of drug-likeness (QED) is 0.535. The molecule has 1 N–H and O–H groups in total. The molecule has 1 aliphatic rings. The van der Waals surface area contributed by atoms with Crippen LogP contribution in [0, 0.1) is 5.92 Å². The third-order valence-electron chi connectivity index (χ3n) is 4.68. The van der Waals surface area contributed by atoms with Gasteiger partial charge in [-0.05, 0) is 55.6 Å². The lowest BCUT2D eigenvalue weighted by Crippen LogP contribution is -2.30. The zero-order valence-electron chi connectivity index (χ0n) is 15.6. The molecule has 0 radical (unpaired) electrons. The van der Waals surface area contributed by atoms with Gasteiger partial charge in [0.2, 0.25) is 5.91 Å². The summed E-state index contributed by atoms with van der Waals surface area (Å²) in [5, 5.41) is 3.12. The molecule has 138 valence electrons. The van der Waals surface area contributed by atoms with Crippen molar-refractivity contribution in [2.45, 2.75) is 71.3 Å². The summed E-state index contributed by atoms with van der Waals surface area (Å²) in [4.78, 5) is 23.8. The van der Waals surface area contributed by atoms with Gasteiger partial charge in [-0.2, -0.15) is 0 Å². The number of aryl methyl sites for hydroxylation is 1. The van der Waals surface area contributed by atoms with Crippen LogP contribution in [0.25, 0.3) is 0 Å².